The second-order valence-corrected chi connectivity index (χ2v) is 6.47. The zero-order chi connectivity index (χ0) is 15.5. The lowest BCUT2D eigenvalue weighted by Crippen LogP contribution is -2.60. The molecule has 3 nitrogen and oxygen atoms in total. The summed E-state index contributed by atoms with van der Waals surface area (Å²) in [6, 6.07) is 0.494. The van der Waals surface area contributed by atoms with Gasteiger partial charge in [-0.25, -0.2) is 0 Å². The van der Waals surface area contributed by atoms with Gasteiger partial charge < -0.3 is 14.8 Å². The van der Waals surface area contributed by atoms with Crippen LogP contribution in [0.3, 0.4) is 0 Å². The van der Waals surface area contributed by atoms with Crippen LogP contribution in [0.2, 0.25) is 0 Å². The van der Waals surface area contributed by atoms with E-state index in [4.69, 9.17) is 9.47 Å². The third kappa shape index (κ3) is 7.12. The highest BCUT2D eigenvalue weighted by Gasteiger charge is 2.43. The first-order valence-electron chi connectivity index (χ1n) is 9.23. The number of nitrogens with one attached hydrogen (secondary N) is 1. The van der Waals surface area contributed by atoms with E-state index in [9.17, 15) is 0 Å². The van der Waals surface area contributed by atoms with Crippen LogP contribution in [0.15, 0.2) is 0 Å². The van der Waals surface area contributed by atoms with E-state index < -0.39 is 0 Å². The molecule has 1 saturated carbocycles. The third-order valence-electron chi connectivity index (χ3n) is 4.29. The minimum Gasteiger partial charge on any atom is -0.374 e. The van der Waals surface area contributed by atoms with E-state index in [2.05, 4.69) is 33.0 Å². The summed E-state index contributed by atoms with van der Waals surface area (Å²) in [5.74, 6) is 0. The van der Waals surface area contributed by atoms with Crippen LogP contribution >= 0.6 is 0 Å². The van der Waals surface area contributed by atoms with Crippen LogP contribution in [0.25, 0.3) is 0 Å². The molecule has 4 unspecified atom stereocenters. The number of rotatable bonds is 13. The summed E-state index contributed by atoms with van der Waals surface area (Å²) in [6.07, 6.45) is 10.8. The van der Waals surface area contributed by atoms with Crippen molar-refractivity contribution in [2.45, 2.75) is 103 Å². The smallest absolute Gasteiger partial charge is 0.0990 e. The molecule has 0 heterocycles. The molecular weight excluding hydrogens is 262 g/mol. The molecule has 21 heavy (non-hydrogen) atoms. The molecule has 0 aromatic carbocycles. The lowest BCUT2D eigenvalue weighted by molar-refractivity contribution is -0.165. The van der Waals surface area contributed by atoms with Gasteiger partial charge >= 0.3 is 0 Å². The van der Waals surface area contributed by atoms with E-state index >= 15 is 0 Å². The maximum atomic E-state index is 6.22. The van der Waals surface area contributed by atoms with Gasteiger partial charge in [0.05, 0.1) is 18.3 Å². The zero-order valence-corrected chi connectivity index (χ0v) is 14.7. The van der Waals surface area contributed by atoms with Crippen LogP contribution in [-0.4, -0.2) is 37.5 Å². The standard InChI is InChI=1S/C18H37NO2/c1-5-8-9-10-11-15(4)21-17-14-16(19-12-6-2)18(17)20-13-7-3/h15-19H,5-14H2,1-4H3. The molecule has 4 atom stereocenters. The fraction of sp³-hybridized carbons (Fsp3) is 1.00. The highest BCUT2D eigenvalue weighted by atomic mass is 16.6. The fourth-order valence-electron chi connectivity index (χ4n) is 2.95. The van der Waals surface area contributed by atoms with Crippen molar-refractivity contribution >= 4 is 0 Å². The van der Waals surface area contributed by atoms with Crippen LogP contribution in [0.4, 0.5) is 0 Å². The molecule has 126 valence electrons. The van der Waals surface area contributed by atoms with Crippen LogP contribution in [0.1, 0.15) is 79.1 Å². The Morgan fingerprint density at radius 3 is 2.52 bits per heavy atom. The SMILES string of the molecule is CCCCCCC(C)OC1CC(NCCC)C1OCCC. The van der Waals surface area contributed by atoms with E-state index in [-0.39, 0.29) is 6.10 Å². The molecule has 0 aliphatic heterocycles. The topological polar surface area (TPSA) is 30.5 Å². The predicted molar refractivity (Wildman–Crippen MR) is 89.8 cm³/mol. The Kier molecular flexibility index (Phi) is 10.3. The Labute approximate surface area is 132 Å². The van der Waals surface area contributed by atoms with Gasteiger partial charge in [-0.1, -0.05) is 46.5 Å². The van der Waals surface area contributed by atoms with Crippen molar-refractivity contribution in [3.8, 4) is 0 Å². The number of ether oxygens (including phenoxy) is 2. The first-order chi connectivity index (χ1) is 10.2. The lowest BCUT2D eigenvalue weighted by Gasteiger charge is -2.45. The van der Waals surface area contributed by atoms with Gasteiger partial charge in [-0.05, 0) is 39.2 Å². The molecule has 1 aliphatic rings. The van der Waals surface area contributed by atoms with Crippen LogP contribution in [0, 0.1) is 0 Å². The van der Waals surface area contributed by atoms with Crippen molar-refractivity contribution in [2.24, 2.45) is 0 Å². The van der Waals surface area contributed by atoms with Crippen LogP contribution < -0.4 is 5.32 Å². The highest BCUT2D eigenvalue weighted by Crippen LogP contribution is 2.29. The first kappa shape index (κ1) is 18.9. The molecule has 0 aromatic heterocycles. The highest BCUT2D eigenvalue weighted by molar-refractivity contribution is 4.97. The van der Waals surface area contributed by atoms with E-state index in [0.29, 0.717) is 18.2 Å². The molecule has 0 spiro atoms. The Bertz CT molecular complexity index is 247. The summed E-state index contributed by atoms with van der Waals surface area (Å²) < 4.78 is 12.2. The monoisotopic (exact) mass is 299 g/mol. The maximum absolute atomic E-state index is 6.22. The minimum absolute atomic E-state index is 0.259. The minimum atomic E-state index is 0.259. The second kappa shape index (κ2) is 11.4. The van der Waals surface area contributed by atoms with Gasteiger partial charge in [-0.3, -0.25) is 0 Å². The van der Waals surface area contributed by atoms with Gasteiger partial charge in [0.2, 0.25) is 0 Å². The van der Waals surface area contributed by atoms with E-state index in [1.54, 1.807) is 0 Å². The number of hydrogen-bond acceptors (Lipinski definition) is 3. The van der Waals surface area contributed by atoms with Crippen molar-refractivity contribution in [1.29, 1.82) is 0 Å². The molecule has 0 aromatic rings. The first-order valence-corrected chi connectivity index (χ1v) is 9.23. The molecule has 0 amide bonds. The van der Waals surface area contributed by atoms with E-state index in [1.807, 2.05) is 0 Å². The van der Waals surface area contributed by atoms with E-state index in [1.165, 1.54) is 38.5 Å². The summed E-state index contributed by atoms with van der Waals surface area (Å²) in [4.78, 5) is 0. The van der Waals surface area contributed by atoms with Gasteiger partial charge in [-0.15, -0.1) is 0 Å². The Balaban J connectivity index is 2.25. The predicted octanol–water partition coefficient (Wildman–Crippen LogP) is 4.30. The van der Waals surface area contributed by atoms with Crippen molar-refractivity contribution in [3.63, 3.8) is 0 Å². The van der Waals surface area contributed by atoms with Crippen molar-refractivity contribution in [2.75, 3.05) is 13.2 Å². The van der Waals surface area contributed by atoms with Gasteiger partial charge in [0.15, 0.2) is 0 Å². The molecule has 0 radical (unpaired) electrons. The lowest BCUT2D eigenvalue weighted by atomic mass is 9.84. The summed E-state index contributed by atoms with van der Waals surface area (Å²) in [5.41, 5.74) is 0. The molecule has 0 saturated heterocycles. The largest absolute Gasteiger partial charge is 0.374 e. The van der Waals surface area contributed by atoms with E-state index in [0.717, 1.165) is 26.0 Å². The molecule has 1 aliphatic carbocycles. The van der Waals surface area contributed by atoms with Crippen molar-refractivity contribution in [1.82, 2.24) is 5.32 Å². The number of hydrogen-bond donors (Lipinski definition) is 1. The summed E-state index contributed by atoms with van der Waals surface area (Å²) in [6.45, 7) is 10.8. The van der Waals surface area contributed by atoms with Crippen LogP contribution in [-0.2, 0) is 9.47 Å². The molecule has 1 N–H and O–H groups in total. The van der Waals surface area contributed by atoms with Gasteiger partial charge in [0.1, 0.15) is 0 Å². The Hall–Kier alpha value is -0.120. The molecule has 3 heteroatoms. The Morgan fingerprint density at radius 2 is 1.86 bits per heavy atom. The van der Waals surface area contributed by atoms with Gasteiger partial charge in [0.25, 0.3) is 0 Å². The molecule has 0 bridgehead atoms. The van der Waals surface area contributed by atoms with Gasteiger partial charge in [-0.2, -0.15) is 0 Å². The van der Waals surface area contributed by atoms with Crippen LogP contribution in [0.5, 0.6) is 0 Å². The Morgan fingerprint density at radius 1 is 1.05 bits per heavy atom. The number of unbranched alkanes of at least 4 members (excludes halogenated alkanes) is 3. The van der Waals surface area contributed by atoms with Gasteiger partial charge in [0, 0.05) is 12.6 Å². The summed E-state index contributed by atoms with van der Waals surface area (Å²) >= 11 is 0. The third-order valence-corrected chi connectivity index (χ3v) is 4.29. The molecule has 1 fully saturated rings. The fourth-order valence-corrected chi connectivity index (χ4v) is 2.95. The quantitative estimate of drug-likeness (QED) is 0.514. The summed E-state index contributed by atoms with van der Waals surface area (Å²) in [5, 5.41) is 3.59. The second-order valence-electron chi connectivity index (χ2n) is 6.47. The average Bonchev–Trinajstić information content (AvgIpc) is 2.47. The maximum Gasteiger partial charge on any atom is 0.0990 e. The molecule has 1 rings (SSSR count). The summed E-state index contributed by atoms with van der Waals surface area (Å²) in [7, 11) is 0. The van der Waals surface area contributed by atoms with Crippen molar-refractivity contribution in [3.05, 3.63) is 0 Å². The van der Waals surface area contributed by atoms with Crippen molar-refractivity contribution < 1.29 is 9.47 Å². The average molecular weight is 299 g/mol. The molecular formula is C18H37NO2. The normalized spacial score (nSPS) is 26.6. The zero-order valence-electron chi connectivity index (χ0n) is 14.7.